The predicted molar refractivity (Wildman–Crippen MR) is 103 cm³/mol. The predicted octanol–water partition coefficient (Wildman–Crippen LogP) is 2.48. The lowest BCUT2D eigenvalue weighted by Crippen LogP contribution is -2.32. The normalized spacial score (nSPS) is 11.5. The van der Waals surface area contributed by atoms with Crippen LogP contribution >= 0.6 is 0 Å². The van der Waals surface area contributed by atoms with E-state index >= 15 is 0 Å². The first kappa shape index (κ1) is 19.2. The van der Waals surface area contributed by atoms with Gasteiger partial charge >= 0.3 is 0 Å². The highest BCUT2D eigenvalue weighted by molar-refractivity contribution is 5.98. The van der Waals surface area contributed by atoms with Gasteiger partial charge < -0.3 is 19.5 Å². The Balaban J connectivity index is 1.92. The van der Waals surface area contributed by atoms with E-state index in [0.29, 0.717) is 29.4 Å². The first-order chi connectivity index (χ1) is 13.7. The van der Waals surface area contributed by atoms with Gasteiger partial charge in [0.2, 0.25) is 5.75 Å². The second kappa shape index (κ2) is 8.90. The van der Waals surface area contributed by atoms with Crippen LogP contribution in [0.5, 0.6) is 17.2 Å². The van der Waals surface area contributed by atoms with Crippen molar-refractivity contribution in [2.24, 2.45) is 0 Å². The number of ether oxygens (including phenoxy) is 3. The minimum atomic E-state index is -0.334. The van der Waals surface area contributed by atoms with Gasteiger partial charge in [-0.3, -0.25) is 4.79 Å². The number of carbonyl (C=O) groups excluding carboxylic acids is 1. The van der Waals surface area contributed by atoms with Crippen LogP contribution in [0.2, 0.25) is 0 Å². The summed E-state index contributed by atoms with van der Waals surface area (Å²) in [6.45, 7) is 0.387. The van der Waals surface area contributed by atoms with Crippen molar-refractivity contribution < 1.29 is 19.0 Å². The van der Waals surface area contributed by atoms with Gasteiger partial charge in [-0.1, -0.05) is 30.3 Å². The lowest BCUT2D eigenvalue weighted by atomic mass is 10.1. The van der Waals surface area contributed by atoms with Crippen molar-refractivity contribution in [1.29, 1.82) is 0 Å². The Hall–Kier alpha value is -3.55. The first-order valence-electron chi connectivity index (χ1n) is 8.66. The second-order valence-corrected chi connectivity index (χ2v) is 5.90. The molecule has 8 heteroatoms. The van der Waals surface area contributed by atoms with Gasteiger partial charge in [0.1, 0.15) is 0 Å². The van der Waals surface area contributed by atoms with E-state index in [9.17, 15) is 4.79 Å². The Labute approximate surface area is 163 Å². The van der Waals surface area contributed by atoms with Crippen LogP contribution in [-0.4, -0.2) is 42.2 Å². The van der Waals surface area contributed by atoms with Gasteiger partial charge in [0.05, 0.1) is 51.9 Å². The molecule has 0 fully saturated rings. The summed E-state index contributed by atoms with van der Waals surface area (Å²) in [5.74, 6) is 0.848. The Morgan fingerprint density at radius 1 is 0.964 bits per heavy atom. The molecule has 0 spiro atoms. The van der Waals surface area contributed by atoms with E-state index in [0.717, 1.165) is 5.56 Å². The fourth-order valence-electron chi connectivity index (χ4n) is 2.94. The monoisotopic (exact) mass is 382 g/mol. The summed E-state index contributed by atoms with van der Waals surface area (Å²) in [7, 11) is 4.51. The Morgan fingerprint density at radius 2 is 1.64 bits per heavy atom. The van der Waals surface area contributed by atoms with Gasteiger partial charge in [-0.05, 0) is 17.7 Å². The topological polar surface area (TPSA) is 87.5 Å². The molecule has 0 saturated heterocycles. The summed E-state index contributed by atoms with van der Waals surface area (Å²) in [4.78, 5) is 14.6. The van der Waals surface area contributed by atoms with Gasteiger partial charge in [0.15, 0.2) is 11.5 Å². The summed E-state index contributed by atoms with van der Waals surface area (Å²) in [5, 5.41) is 11.3. The molecule has 1 amide bonds. The number of amides is 1. The zero-order valence-corrected chi connectivity index (χ0v) is 16.0. The van der Waals surface area contributed by atoms with Crippen molar-refractivity contribution in [3.8, 4) is 17.2 Å². The molecule has 0 aliphatic carbocycles. The van der Waals surface area contributed by atoms with E-state index in [4.69, 9.17) is 14.2 Å². The van der Waals surface area contributed by atoms with E-state index in [1.54, 1.807) is 24.5 Å². The molecule has 1 N–H and O–H groups in total. The fourth-order valence-corrected chi connectivity index (χ4v) is 2.94. The van der Waals surface area contributed by atoms with Crippen LogP contribution in [-0.2, 0) is 6.54 Å². The zero-order chi connectivity index (χ0) is 19.9. The summed E-state index contributed by atoms with van der Waals surface area (Å²) in [6, 6.07) is 12.6. The van der Waals surface area contributed by atoms with Crippen molar-refractivity contribution >= 4 is 5.91 Å². The van der Waals surface area contributed by atoms with Crippen molar-refractivity contribution in [2.75, 3.05) is 21.3 Å². The summed E-state index contributed by atoms with van der Waals surface area (Å²) in [5.41, 5.74) is 1.28. The van der Waals surface area contributed by atoms with Gasteiger partial charge in [0, 0.05) is 0 Å². The molecule has 1 aromatic heterocycles. The lowest BCUT2D eigenvalue weighted by Gasteiger charge is -2.20. The fraction of sp³-hybridized carbons (Fsp3) is 0.250. The van der Waals surface area contributed by atoms with Crippen molar-refractivity contribution in [2.45, 2.75) is 12.6 Å². The molecule has 0 saturated carbocycles. The molecule has 3 aromatic rings. The summed E-state index contributed by atoms with van der Waals surface area (Å²) >= 11 is 0. The van der Waals surface area contributed by atoms with Crippen molar-refractivity contribution in [3.63, 3.8) is 0 Å². The third-order valence-electron chi connectivity index (χ3n) is 4.27. The number of rotatable bonds is 8. The number of nitrogens with zero attached hydrogens (tertiary/aromatic N) is 3. The van der Waals surface area contributed by atoms with Crippen LogP contribution in [0.1, 0.15) is 22.0 Å². The largest absolute Gasteiger partial charge is 0.493 e. The number of nitrogens with one attached hydrogen (secondary N) is 1. The highest BCUT2D eigenvalue weighted by atomic mass is 16.5. The highest BCUT2D eigenvalue weighted by Gasteiger charge is 2.23. The molecule has 1 heterocycles. The Morgan fingerprint density at radius 3 is 2.25 bits per heavy atom. The molecule has 28 heavy (non-hydrogen) atoms. The number of hydrogen-bond donors (Lipinski definition) is 1. The third kappa shape index (κ3) is 4.06. The van der Waals surface area contributed by atoms with E-state index < -0.39 is 0 Å². The SMILES string of the molecule is COc1ccc(C(=O)NC(Cn2nccn2)c2ccccc2)c(OC)c1OC. The molecule has 1 unspecified atom stereocenters. The molecular weight excluding hydrogens is 360 g/mol. The molecular formula is C20H22N4O4. The van der Waals surface area contributed by atoms with Crippen LogP contribution in [0.25, 0.3) is 0 Å². The van der Waals surface area contributed by atoms with Gasteiger partial charge in [-0.25, -0.2) is 0 Å². The molecule has 1 atom stereocenters. The van der Waals surface area contributed by atoms with Crippen LogP contribution in [0.4, 0.5) is 0 Å². The average molecular weight is 382 g/mol. The summed E-state index contributed by atoms with van der Waals surface area (Å²) < 4.78 is 16.1. The maximum atomic E-state index is 13.1. The van der Waals surface area contributed by atoms with Crippen LogP contribution < -0.4 is 19.5 Å². The average Bonchev–Trinajstić information content (AvgIpc) is 3.25. The number of benzene rings is 2. The molecule has 8 nitrogen and oxygen atoms in total. The van der Waals surface area contributed by atoms with Crippen LogP contribution in [0, 0.1) is 0 Å². The molecule has 0 aliphatic heterocycles. The molecule has 3 rings (SSSR count). The van der Waals surface area contributed by atoms with Crippen molar-refractivity contribution in [1.82, 2.24) is 20.3 Å². The Kier molecular flexibility index (Phi) is 6.11. The maximum absolute atomic E-state index is 13.1. The zero-order valence-electron chi connectivity index (χ0n) is 16.0. The van der Waals surface area contributed by atoms with E-state index in [-0.39, 0.29) is 11.9 Å². The standard InChI is InChI=1S/C20H22N4O4/c1-26-17-10-9-15(18(27-2)19(17)28-3)20(25)23-16(13-24-21-11-12-22-24)14-7-5-4-6-8-14/h4-12,16H,13H2,1-3H3,(H,23,25). The molecule has 2 aromatic carbocycles. The molecule has 0 radical (unpaired) electrons. The minimum absolute atomic E-state index is 0.307. The second-order valence-electron chi connectivity index (χ2n) is 5.90. The van der Waals surface area contributed by atoms with Crippen LogP contribution in [0.15, 0.2) is 54.9 Å². The van der Waals surface area contributed by atoms with E-state index in [1.165, 1.54) is 26.1 Å². The van der Waals surface area contributed by atoms with Gasteiger partial charge in [-0.2, -0.15) is 15.0 Å². The maximum Gasteiger partial charge on any atom is 0.255 e. The lowest BCUT2D eigenvalue weighted by molar-refractivity contribution is 0.0927. The van der Waals surface area contributed by atoms with E-state index in [1.807, 2.05) is 30.3 Å². The third-order valence-corrected chi connectivity index (χ3v) is 4.27. The van der Waals surface area contributed by atoms with Gasteiger partial charge in [0.25, 0.3) is 5.91 Å². The smallest absolute Gasteiger partial charge is 0.255 e. The Bertz CT molecular complexity index is 913. The van der Waals surface area contributed by atoms with Crippen LogP contribution in [0.3, 0.4) is 0 Å². The molecule has 0 aliphatic rings. The minimum Gasteiger partial charge on any atom is -0.493 e. The molecule has 146 valence electrons. The highest BCUT2D eigenvalue weighted by Crippen LogP contribution is 2.39. The van der Waals surface area contributed by atoms with Crippen molar-refractivity contribution in [3.05, 3.63) is 66.0 Å². The molecule has 0 bridgehead atoms. The quantitative estimate of drug-likeness (QED) is 0.644. The summed E-state index contributed by atoms with van der Waals surface area (Å²) in [6.07, 6.45) is 3.20. The van der Waals surface area contributed by atoms with E-state index in [2.05, 4.69) is 15.5 Å². The number of hydrogen-bond acceptors (Lipinski definition) is 6. The number of carbonyl (C=O) groups is 1. The van der Waals surface area contributed by atoms with Gasteiger partial charge in [-0.15, -0.1) is 0 Å². The number of aromatic nitrogens is 3. The number of methoxy groups -OCH3 is 3. The first-order valence-corrected chi connectivity index (χ1v) is 8.66.